The van der Waals surface area contributed by atoms with Gasteiger partial charge in [0.2, 0.25) is 36.1 Å². The van der Waals surface area contributed by atoms with Gasteiger partial charge >= 0.3 is 0 Å². The van der Waals surface area contributed by atoms with Crippen molar-refractivity contribution in [1.82, 2.24) is 39.6 Å². The maximum absolute atomic E-state index is 13.6. The lowest BCUT2D eigenvalue weighted by atomic mass is 9.95. The Kier molecular flexibility index (Phi) is 12.7. The van der Waals surface area contributed by atoms with Gasteiger partial charge < -0.3 is 35.0 Å². The lowest BCUT2D eigenvalue weighted by Gasteiger charge is -2.33. The van der Waals surface area contributed by atoms with Gasteiger partial charge in [0.15, 0.2) is 5.82 Å². The van der Waals surface area contributed by atoms with Crippen LogP contribution in [0.5, 0.6) is 0 Å². The van der Waals surface area contributed by atoms with E-state index in [1.165, 1.54) is 12.3 Å². The number of rotatable bonds is 9. The average molecular weight is 660 g/mol. The van der Waals surface area contributed by atoms with Crippen LogP contribution in [0.3, 0.4) is 0 Å². The van der Waals surface area contributed by atoms with Crippen molar-refractivity contribution < 1.29 is 27.9 Å². The van der Waals surface area contributed by atoms with E-state index in [4.69, 9.17) is 10.5 Å². The Morgan fingerprint density at radius 3 is 2.19 bits per heavy atom. The van der Waals surface area contributed by atoms with E-state index in [9.17, 15) is 23.2 Å². The number of anilines is 3. The molecule has 47 heavy (non-hydrogen) atoms. The van der Waals surface area contributed by atoms with Crippen LogP contribution in [0, 0.1) is 5.92 Å². The van der Waals surface area contributed by atoms with Gasteiger partial charge in [-0.25, -0.2) is 18.7 Å². The van der Waals surface area contributed by atoms with Gasteiger partial charge in [0.25, 0.3) is 6.43 Å². The number of nitrogens with zero attached hydrogens (tertiary/aromatic N) is 10. The van der Waals surface area contributed by atoms with Crippen molar-refractivity contribution in [2.45, 2.75) is 32.6 Å². The second-order valence-electron chi connectivity index (χ2n) is 11.4. The van der Waals surface area contributed by atoms with Gasteiger partial charge in [0.1, 0.15) is 5.69 Å². The molecule has 3 saturated heterocycles. The molecule has 2 N–H and O–H groups in total. The molecule has 17 heteroatoms. The van der Waals surface area contributed by atoms with Gasteiger partial charge in [-0.3, -0.25) is 14.4 Å². The van der Waals surface area contributed by atoms with E-state index in [-0.39, 0.29) is 35.1 Å². The van der Waals surface area contributed by atoms with E-state index in [0.717, 1.165) is 32.2 Å². The van der Waals surface area contributed by atoms with Crippen molar-refractivity contribution in [1.29, 1.82) is 0 Å². The van der Waals surface area contributed by atoms with Gasteiger partial charge in [-0.15, -0.1) is 0 Å². The maximum atomic E-state index is 13.6. The molecule has 2 aromatic rings. The van der Waals surface area contributed by atoms with Gasteiger partial charge in [0.05, 0.1) is 18.8 Å². The molecule has 3 aliphatic rings. The Bertz CT molecular complexity index is 1380. The summed E-state index contributed by atoms with van der Waals surface area (Å²) in [6, 6.07) is 0. The molecule has 15 nitrogen and oxygen atoms in total. The lowest BCUT2D eigenvalue weighted by molar-refractivity contribution is -0.138. The summed E-state index contributed by atoms with van der Waals surface area (Å²) in [6.45, 7) is 11.9. The average Bonchev–Trinajstić information content (AvgIpc) is 3.11. The number of ether oxygens (including phenoxy) is 1. The van der Waals surface area contributed by atoms with E-state index in [2.05, 4.69) is 38.4 Å². The first-order valence-electron chi connectivity index (χ1n) is 15.7. The number of hydrogen-bond acceptors (Lipinski definition) is 12. The number of likely N-dealkylation sites (tertiary alicyclic amines) is 1. The van der Waals surface area contributed by atoms with Crippen molar-refractivity contribution >= 4 is 36.1 Å². The van der Waals surface area contributed by atoms with Crippen molar-refractivity contribution in [3.05, 3.63) is 24.5 Å². The van der Waals surface area contributed by atoms with Crippen LogP contribution in [0.25, 0.3) is 11.4 Å². The minimum Gasteiger partial charge on any atom is -0.378 e. The van der Waals surface area contributed by atoms with Crippen molar-refractivity contribution in [2.24, 2.45) is 5.92 Å². The fourth-order valence-corrected chi connectivity index (χ4v) is 5.53. The number of amides is 3. The summed E-state index contributed by atoms with van der Waals surface area (Å²) in [5, 5.41) is 0. The number of morpholine rings is 1. The number of piperazine rings is 1. The maximum Gasteiger partial charge on any atom is 0.281 e. The molecule has 0 aromatic carbocycles. The zero-order chi connectivity index (χ0) is 33.9. The summed E-state index contributed by atoms with van der Waals surface area (Å²) in [7, 11) is 1.85. The SMILES string of the molecule is C=CC(=O)N1CCC(C(=O)N(C)CCC)CC1.Nc1ncc(-c2nc(N3CCOCC3)nc(N3CCN(C=O)CC3)n2)c(C(F)F)n1. The Labute approximate surface area is 272 Å². The molecule has 3 aliphatic heterocycles. The molecule has 0 radical (unpaired) electrons. The van der Waals surface area contributed by atoms with Crippen LogP contribution in [0.2, 0.25) is 0 Å². The predicted octanol–water partition coefficient (Wildman–Crippen LogP) is 1.24. The van der Waals surface area contributed by atoms with Crippen LogP contribution in [-0.4, -0.2) is 137 Å². The van der Waals surface area contributed by atoms with Gasteiger partial charge in [-0.2, -0.15) is 15.0 Å². The Morgan fingerprint density at radius 2 is 1.64 bits per heavy atom. The third-order valence-corrected chi connectivity index (χ3v) is 8.20. The molecule has 3 amide bonds. The molecule has 0 atom stereocenters. The molecule has 0 unspecified atom stereocenters. The first kappa shape index (κ1) is 35.3. The van der Waals surface area contributed by atoms with Crippen LogP contribution in [0.4, 0.5) is 26.6 Å². The number of aromatic nitrogens is 5. The molecule has 5 heterocycles. The normalized spacial score (nSPS) is 17.2. The molecule has 0 spiro atoms. The highest BCUT2D eigenvalue weighted by Crippen LogP contribution is 2.30. The highest BCUT2D eigenvalue weighted by Gasteiger charge is 2.28. The molecule has 0 saturated carbocycles. The van der Waals surface area contributed by atoms with E-state index in [0.29, 0.717) is 77.5 Å². The molecule has 3 fully saturated rings. The second-order valence-corrected chi connectivity index (χ2v) is 11.4. The number of hydrogen-bond donors (Lipinski definition) is 1. The Hall–Kier alpha value is -4.54. The smallest absolute Gasteiger partial charge is 0.281 e. The zero-order valence-electron chi connectivity index (χ0n) is 26.9. The summed E-state index contributed by atoms with van der Waals surface area (Å²) in [4.78, 5) is 64.4. The predicted molar refractivity (Wildman–Crippen MR) is 171 cm³/mol. The van der Waals surface area contributed by atoms with Gasteiger partial charge in [-0.1, -0.05) is 13.5 Å². The zero-order valence-corrected chi connectivity index (χ0v) is 26.9. The molecular weight excluding hydrogens is 616 g/mol. The van der Waals surface area contributed by atoms with E-state index in [1.807, 2.05) is 16.8 Å². The monoisotopic (exact) mass is 659 g/mol. The number of carbonyl (C=O) groups is 3. The van der Waals surface area contributed by atoms with Crippen LogP contribution >= 0.6 is 0 Å². The molecule has 5 rings (SSSR count). The third kappa shape index (κ3) is 9.27. The molecule has 0 aliphatic carbocycles. The van der Waals surface area contributed by atoms with Crippen LogP contribution in [0.15, 0.2) is 18.9 Å². The van der Waals surface area contributed by atoms with E-state index in [1.54, 1.807) is 14.7 Å². The first-order valence-corrected chi connectivity index (χ1v) is 15.7. The van der Waals surface area contributed by atoms with E-state index >= 15 is 0 Å². The summed E-state index contributed by atoms with van der Waals surface area (Å²) in [6.07, 6.45) is 3.00. The summed E-state index contributed by atoms with van der Waals surface area (Å²) in [5.41, 5.74) is 4.97. The number of halogens is 2. The minimum atomic E-state index is -2.87. The second kappa shape index (κ2) is 16.9. The number of carbonyl (C=O) groups excluding carboxylic acids is 3. The van der Waals surface area contributed by atoms with Crippen LogP contribution in [0.1, 0.15) is 38.3 Å². The quantitative estimate of drug-likeness (QED) is 0.303. The van der Waals surface area contributed by atoms with E-state index < -0.39 is 12.1 Å². The largest absolute Gasteiger partial charge is 0.378 e. The Morgan fingerprint density at radius 1 is 1.02 bits per heavy atom. The molecular formula is C30H43F2N11O4. The Balaban J connectivity index is 0.000000251. The first-order chi connectivity index (χ1) is 22.6. The summed E-state index contributed by atoms with van der Waals surface area (Å²) in [5.74, 6) is 0.796. The lowest BCUT2D eigenvalue weighted by Crippen LogP contribution is -2.46. The number of nitrogen functional groups attached to an aromatic ring is 1. The summed E-state index contributed by atoms with van der Waals surface area (Å²) < 4.78 is 32.6. The number of nitrogens with two attached hydrogens (primary N) is 1. The van der Waals surface area contributed by atoms with Crippen LogP contribution in [-0.2, 0) is 19.1 Å². The number of alkyl halides is 2. The topological polar surface area (TPSA) is 167 Å². The number of piperidine rings is 1. The summed E-state index contributed by atoms with van der Waals surface area (Å²) >= 11 is 0. The highest BCUT2D eigenvalue weighted by atomic mass is 19.3. The molecule has 256 valence electrons. The minimum absolute atomic E-state index is 0.00360. The van der Waals surface area contributed by atoms with Crippen molar-refractivity contribution in [3.8, 4) is 11.4 Å². The molecule has 0 bridgehead atoms. The van der Waals surface area contributed by atoms with Gasteiger partial charge in [0, 0.05) is 78.1 Å². The fraction of sp³-hybridized carbons (Fsp3) is 0.600. The fourth-order valence-electron chi connectivity index (χ4n) is 5.53. The third-order valence-electron chi connectivity index (χ3n) is 8.20. The van der Waals surface area contributed by atoms with Crippen molar-refractivity contribution in [3.63, 3.8) is 0 Å². The molecule has 2 aromatic heterocycles. The van der Waals surface area contributed by atoms with Crippen LogP contribution < -0.4 is 15.5 Å². The highest BCUT2D eigenvalue weighted by molar-refractivity contribution is 5.87. The van der Waals surface area contributed by atoms with Gasteiger partial charge in [-0.05, 0) is 25.3 Å². The standard InChI is InChI=1S/C17H21F2N9O2.C13H22N2O2/c18-13(19)12-11(9-21-15(20)22-12)14-23-16(27-3-1-26(10-29)2-4-27)25-17(24-14)28-5-7-30-8-6-28;1-4-8-14(3)13(17)11-6-9-15(10-7-11)12(16)5-2/h9-10,13H,1-8H2,(H2,20,21,22);5,11H,2,4,6-10H2,1,3H3. The van der Waals surface area contributed by atoms with Crippen molar-refractivity contribution in [2.75, 3.05) is 94.7 Å².